The van der Waals surface area contributed by atoms with Gasteiger partial charge in [-0.25, -0.2) is 0 Å². The largest absolute Gasteiger partial charge is 0.361 e. The van der Waals surface area contributed by atoms with Gasteiger partial charge < -0.3 is 10.3 Å². The zero-order valence-electron chi connectivity index (χ0n) is 18.2. The maximum absolute atomic E-state index is 12.3. The molecule has 0 atom stereocenters. The first-order valence-corrected chi connectivity index (χ1v) is 11.3. The standard InChI is InChI=1S/C26H23N3O3S/c1-17(2)21-5-3-4-6-24(21)33-25-11-7-18(15-23(25)29(31)32)8-12-26(30)28-20-9-10-22-19(16-20)13-14-27-22/h3-17,27H,1-2H3,(H,28,30)/b12-8+. The number of carbonyl (C=O) groups excluding carboxylic acids is 1. The number of carbonyl (C=O) groups is 1. The molecule has 3 aromatic carbocycles. The second kappa shape index (κ2) is 9.75. The van der Waals surface area contributed by atoms with Crippen molar-refractivity contribution in [1.29, 1.82) is 0 Å². The lowest BCUT2D eigenvalue weighted by molar-refractivity contribution is -0.387. The monoisotopic (exact) mass is 457 g/mol. The van der Waals surface area contributed by atoms with Gasteiger partial charge in [0.05, 0.1) is 9.82 Å². The molecule has 4 aromatic rings. The molecule has 0 spiro atoms. The number of benzene rings is 3. The molecule has 1 amide bonds. The van der Waals surface area contributed by atoms with Crippen LogP contribution in [0.3, 0.4) is 0 Å². The maximum atomic E-state index is 12.3. The molecule has 2 N–H and O–H groups in total. The number of rotatable bonds is 7. The Labute approximate surface area is 195 Å². The minimum atomic E-state index is -0.385. The lowest BCUT2D eigenvalue weighted by atomic mass is 10.0. The average Bonchev–Trinajstić information content (AvgIpc) is 3.26. The summed E-state index contributed by atoms with van der Waals surface area (Å²) in [7, 11) is 0. The van der Waals surface area contributed by atoms with Gasteiger partial charge in [-0.3, -0.25) is 14.9 Å². The number of H-pyrrole nitrogens is 1. The molecule has 1 aromatic heterocycles. The van der Waals surface area contributed by atoms with E-state index in [0.717, 1.165) is 21.4 Å². The fourth-order valence-electron chi connectivity index (χ4n) is 3.52. The molecule has 166 valence electrons. The summed E-state index contributed by atoms with van der Waals surface area (Å²) in [6.07, 6.45) is 4.79. The van der Waals surface area contributed by atoms with E-state index in [1.807, 2.05) is 54.7 Å². The Morgan fingerprint density at radius 1 is 1.06 bits per heavy atom. The third kappa shape index (κ3) is 5.32. The molecule has 0 saturated carbocycles. The fourth-order valence-corrected chi connectivity index (χ4v) is 4.70. The van der Waals surface area contributed by atoms with Crippen molar-refractivity contribution in [2.45, 2.75) is 29.6 Å². The molecule has 0 aliphatic rings. The van der Waals surface area contributed by atoms with E-state index in [4.69, 9.17) is 0 Å². The first-order chi connectivity index (χ1) is 15.9. The van der Waals surface area contributed by atoms with Crippen molar-refractivity contribution in [3.8, 4) is 0 Å². The average molecular weight is 458 g/mol. The van der Waals surface area contributed by atoms with Gasteiger partial charge in [-0.2, -0.15) is 0 Å². The third-order valence-electron chi connectivity index (χ3n) is 5.19. The normalized spacial score (nSPS) is 11.4. The number of nitrogens with zero attached hydrogens (tertiary/aromatic N) is 1. The summed E-state index contributed by atoms with van der Waals surface area (Å²) in [6, 6.07) is 20.5. The highest BCUT2D eigenvalue weighted by atomic mass is 32.2. The van der Waals surface area contributed by atoms with Crippen molar-refractivity contribution in [2.75, 3.05) is 5.32 Å². The highest BCUT2D eigenvalue weighted by Gasteiger charge is 2.17. The van der Waals surface area contributed by atoms with Crippen LogP contribution in [0.5, 0.6) is 0 Å². The summed E-state index contributed by atoms with van der Waals surface area (Å²) in [5.74, 6) is 0.00304. The number of aromatic amines is 1. The van der Waals surface area contributed by atoms with Crippen molar-refractivity contribution in [3.05, 3.63) is 100 Å². The number of fused-ring (bicyclic) bond motifs is 1. The molecular formula is C26H23N3O3S. The molecule has 0 aliphatic carbocycles. The molecule has 6 nitrogen and oxygen atoms in total. The van der Waals surface area contributed by atoms with Crippen LogP contribution in [0.15, 0.2) is 88.8 Å². The SMILES string of the molecule is CC(C)c1ccccc1Sc1ccc(/C=C/C(=O)Nc2ccc3[nH]ccc3c2)cc1[N+](=O)[O-]. The van der Waals surface area contributed by atoms with Crippen LogP contribution in [0.4, 0.5) is 11.4 Å². The molecule has 0 unspecified atom stereocenters. The van der Waals surface area contributed by atoms with E-state index >= 15 is 0 Å². The molecule has 0 radical (unpaired) electrons. The minimum absolute atomic E-state index is 0.0130. The first kappa shape index (κ1) is 22.4. The van der Waals surface area contributed by atoms with Gasteiger partial charge in [-0.15, -0.1) is 0 Å². The predicted molar refractivity (Wildman–Crippen MR) is 134 cm³/mol. The zero-order valence-corrected chi connectivity index (χ0v) is 19.1. The maximum Gasteiger partial charge on any atom is 0.283 e. The number of hydrogen-bond donors (Lipinski definition) is 2. The summed E-state index contributed by atoms with van der Waals surface area (Å²) in [5, 5.41) is 15.5. The lowest BCUT2D eigenvalue weighted by Crippen LogP contribution is -2.07. The number of nitrogens with one attached hydrogen (secondary N) is 2. The van der Waals surface area contributed by atoms with Crippen LogP contribution in [0.1, 0.15) is 30.9 Å². The molecule has 0 fully saturated rings. The van der Waals surface area contributed by atoms with E-state index < -0.39 is 0 Å². The summed E-state index contributed by atoms with van der Waals surface area (Å²) in [5.41, 5.74) is 3.41. The molecule has 7 heteroatoms. The van der Waals surface area contributed by atoms with Crippen molar-refractivity contribution >= 4 is 46.0 Å². The Bertz CT molecular complexity index is 1360. The van der Waals surface area contributed by atoms with Gasteiger partial charge >= 0.3 is 0 Å². The highest BCUT2D eigenvalue weighted by Crippen LogP contribution is 2.39. The van der Waals surface area contributed by atoms with Crippen LogP contribution < -0.4 is 5.32 Å². The van der Waals surface area contributed by atoms with E-state index in [1.54, 1.807) is 18.2 Å². The molecular weight excluding hydrogens is 434 g/mol. The Hall–Kier alpha value is -3.84. The number of nitro groups is 1. The quantitative estimate of drug-likeness (QED) is 0.178. The molecule has 33 heavy (non-hydrogen) atoms. The van der Waals surface area contributed by atoms with Crippen molar-refractivity contribution in [3.63, 3.8) is 0 Å². The zero-order chi connectivity index (χ0) is 23.4. The molecule has 4 rings (SSSR count). The van der Waals surface area contributed by atoms with Crippen LogP contribution >= 0.6 is 11.8 Å². The van der Waals surface area contributed by atoms with Crippen LogP contribution in [0, 0.1) is 10.1 Å². The third-order valence-corrected chi connectivity index (χ3v) is 6.35. The Morgan fingerprint density at radius 2 is 1.88 bits per heavy atom. The minimum Gasteiger partial charge on any atom is -0.361 e. The molecule has 1 heterocycles. The Kier molecular flexibility index (Phi) is 6.60. The van der Waals surface area contributed by atoms with Crippen LogP contribution in [0.25, 0.3) is 17.0 Å². The molecule has 0 aliphatic heterocycles. The van der Waals surface area contributed by atoms with Gasteiger partial charge in [0.15, 0.2) is 0 Å². The smallest absolute Gasteiger partial charge is 0.283 e. The first-order valence-electron chi connectivity index (χ1n) is 10.5. The Balaban J connectivity index is 1.51. The van der Waals surface area contributed by atoms with E-state index in [-0.39, 0.29) is 16.5 Å². The second-order valence-electron chi connectivity index (χ2n) is 7.88. The summed E-state index contributed by atoms with van der Waals surface area (Å²) < 4.78 is 0. The van der Waals surface area contributed by atoms with Crippen molar-refractivity contribution in [1.82, 2.24) is 4.98 Å². The van der Waals surface area contributed by atoms with E-state index in [0.29, 0.717) is 22.1 Å². The van der Waals surface area contributed by atoms with Gasteiger partial charge in [-0.1, -0.05) is 49.9 Å². The summed E-state index contributed by atoms with van der Waals surface area (Å²) in [6.45, 7) is 4.20. The van der Waals surface area contributed by atoms with Gasteiger partial charge in [0.2, 0.25) is 5.91 Å². The number of amides is 1. The summed E-state index contributed by atoms with van der Waals surface area (Å²) >= 11 is 1.39. The molecule has 0 saturated heterocycles. The Morgan fingerprint density at radius 3 is 2.67 bits per heavy atom. The van der Waals surface area contributed by atoms with Crippen molar-refractivity contribution in [2.24, 2.45) is 0 Å². The van der Waals surface area contributed by atoms with Crippen LogP contribution in [0.2, 0.25) is 0 Å². The van der Waals surface area contributed by atoms with E-state index in [1.165, 1.54) is 23.9 Å². The highest BCUT2D eigenvalue weighted by molar-refractivity contribution is 7.99. The lowest BCUT2D eigenvalue weighted by Gasteiger charge is -2.12. The van der Waals surface area contributed by atoms with E-state index in [9.17, 15) is 14.9 Å². The number of anilines is 1. The summed E-state index contributed by atoms with van der Waals surface area (Å²) in [4.78, 5) is 28.4. The number of aromatic nitrogens is 1. The van der Waals surface area contributed by atoms with Crippen LogP contribution in [-0.2, 0) is 4.79 Å². The van der Waals surface area contributed by atoms with Crippen LogP contribution in [-0.4, -0.2) is 15.8 Å². The topological polar surface area (TPSA) is 88.0 Å². The predicted octanol–water partition coefficient (Wildman–Crippen LogP) is 7.00. The fraction of sp³-hybridized carbons (Fsp3) is 0.115. The number of nitro benzene ring substituents is 1. The van der Waals surface area contributed by atoms with Gasteiger partial charge in [0.25, 0.3) is 5.69 Å². The second-order valence-corrected chi connectivity index (χ2v) is 8.96. The van der Waals surface area contributed by atoms with Gasteiger partial charge in [0, 0.05) is 39.8 Å². The van der Waals surface area contributed by atoms with Crippen molar-refractivity contribution < 1.29 is 9.72 Å². The van der Waals surface area contributed by atoms with Gasteiger partial charge in [0.1, 0.15) is 0 Å². The van der Waals surface area contributed by atoms with Gasteiger partial charge in [-0.05, 0) is 59.5 Å². The van der Waals surface area contributed by atoms with E-state index in [2.05, 4.69) is 24.1 Å². The molecule has 0 bridgehead atoms. The number of hydrogen-bond acceptors (Lipinski definition) is 4.